The van der Waals surface area contributed by atoms with Gasteiger partial charge in [-0.15, -0.1) is 0 Å². The third kappa shape index (κ3) is 3.70. The molecule has 0 unspecified atom stereocenters. The number of rotatable bonds is 2. The van der Waals surface area contributed by atoms with Crippen molar-refractivity contribution in [2.45, 2.75) is 64.3 Å². The minimum Gasteiger partial charge on any atom is -0.308 e. The third-order valence-corrected chi connectivity index (χ3v) is 3.46. The Kier molecular flexibility index (Phi) is 4.35. The zero-order valence-corrected chi connectivity index (χ0v) is 11.5. The van der Waals surface area contributed by atoms with Gasteiger partial charge in [-0.2, -0.15) is 0 Å². The topological polar surface area (TPSA) is 15.3 Å². The van der Waals surface area contributed by atoms with Crippen LogP contribution in [0.3, 0.4) is 0 Å². The Morgan fingerprint density at radius 1 is 1.19 bits per heavy atom. The van der Waals surface area contributed by atoms with Gasteiger partial charge in [0, 0.05) is 17.6 Å². The molecule has 1 aliphatic carbocycles. The fourth-order valence-corrected chi connectivity index (χ4v) is 2.61. The van der Waals surface area contributed by atoms with E-state index in [1.807, 2.05) is 21.0 Å². The standard InChI is InChI=1S/C13H27FN2/c1-9-7-11(15-13(2,3)4)12(16(5)6)8-10(9)14/h9-12,15H,7-8H2,1-6H3/t9-,10+,11+,12+/m1/s1. The Labute approximate surface area is 99.6 Å². The van der Waals surface area contributed by atoms with Gasteiger partial charge in [-0.3, -0.25) is 0 Å². The van der Waals surface area contributed by atoms with Gasteiger partial charge in [0.1, 0.15) is 6.17 Å². The molecule has 1 N–H and O–H groups in total. The fraction of sp³-hybridized carbons (Fsp3) is 1.00. The van der Waals surface area contributed by atoms with Crippen LogP contribution in [0.15, 0.2) is 0 Å². The van der Waals surface area contributed by atoms with Crippen LogP contribution in [-0.2, 0) is 0 Å². The molecule has 0 aliphatic heterocycles. The maximum atomic E-state index is 13.7. The summed E-state index contributed by atoms with van der Waals surface area (Å²) in [6.07, 6.45) is 0.939. The van der Waals surface area contributed by atoms with Crippen LogP contribution in [0, 0.1) is 5.92 Å². The summed E-state index contributed by atoms with van der Waals surface area (Å²) in [4.78, 5) is 2.15. The first-order chi connectivity index (χ1) is 7.20. The number of nitrogens with zero attached hydrogens (tertiary/aromatic N) is 1. The van der Waals surface area contributed by atoms with E-state index in [1.54, 1.807) is 0 Å². The van der Waals surface area contributed by atoms with Gasteiger partial charge in [-0.25, -0.2) is 4.39 Å². The highest BCUT2D eigenvalue weighted by atomic mass is 19.1. The maximum absolute atomic E-state index is 13.7. The van der Waals surface area contributed by atoms with E-state index in [-0.39, 0.29) is 11.5 Å². The molecule has 0 spiro atoms. The number of nitrogens with one attached hydrogen (secondary N) is 1. The van der Waals surface area contributed by atoms with Crippen LogP contribution < -0.4 is 5.32 Å². The van der Waals surface area contributed by atoms with Gasteiger partial charge in [-0.1, -0.05) is 6.92 Å². The lowest BCUT2D eigenvalue weighted by Gasteiger charge is -2.43. The molecule has 1 fully saturated rings. The van der Waals surface area contributed by atoms with Gasteiger partial charge in [0.15, 0.2) is 0 Å². The lowest BCUT2D eigenvalue weighted by molar-refractivity contribution is 0.0667. The van der Waals surface area contributed by atoms with Crippen molar-refractivity contribution in [3.63, 3.8) is 0 Å². The summed E-state index contributed by atoms with van der Waals surface area (Å²) in [6.45, 7) is 8.54. The van der Waals surface area contributed by atoms with Crippen molar-refractivity contribution in [1.82, 2.24) is 10.2 Å². The van der Waals surface area contributed by atoms with Gasteiger partial charge >= 0.3 is 0 Å². The molecule has 0 radical (unpaired) electrons. The van der Waals surface area contributed by atoms with Crippen LogP contribution in [0.4, 0.5) is 4.39 Å². The number of alkyl halides is 1. The highest BCUT2D eigenvalue weighted by Gasteiger charge is 2.37. The maximum Gasteiger partial charge on any atom is 0.104 e. The molecule has 16 heavy (non-hydrogen) atoms. The van der Waals surface area contributed by atoms with Gasteiger partial charge in [-0.05, 0) is 53.6 Å². The fourth-order valence-electron chi connectivity index (χ4n) is 2.61. The minimum absolute atomic E-state index is 0.0990. The summed E-state index contributed by atoms with van der Waals surface area (Å²) < 4.78 is 13.7. The van der Waals surface area contributed by atoms with Gasteiger partial charge < -0.3 is 10.2 Å². The average molecular weight is 230 g/mol. The molecule has 1 aliphatic rings. The van der Waals surface area contributed by atoms with Crippen molar-refractivity contribution < 1.29 is 4.39 Å². The Bertz CT molecular complexity index is 222. The molecule has 1 rings (SSSR count). The third-order valence-electron chi connectivity index (χ3n) is 3.46. The van der Waals surface area contributed by atoms with E-state index >= 15 is 0 Å². The van der Waals surface area contributed by atoms with Gasteiger partial charge in [0.05, 0.1) is 0 Å². The largest absolute Gasteiger partial charge is 0.308 e. The van der Waals surface area contributed by atoms with Crippen molar-refractivity contribution in [2.24, 2.45) is 5.92 Å². The summed E-state index contributed by atoms with van der Waals surface area (Å²) in [5.74, 6) is 0.177. The SMILES string of the molecule is C[C@@H]1C[C@H](NC(C)(C)C)[C@@H](N(C)C)C[C@@H]1F. The molecule has 1 saturated carbocycles. The van der Waals surface area contributed by atoms with E-state index in [9.17, 15) is 4.39 Å². The van der Waals surface area contributed by atoms with Crippen LogP contribution in [0.2, 0.25) is 0 Å². The summed E-state index contributed by atoms with van der Waals surface area (Å²) in [5.41, 5.74) is 0.0990. The van der Waals surface area contributed by atoms with Crippen molar-refractivity contribution in [1.29, 1.82) is 0 Å². The van der Waals surface area contributed by atoms with E-state index in [0.717, 1.165) is 6.42 Å². The number of hydrogen-bond acceptors (Lipinski definition) is 2. The predicted molar refractivity (Wildman–Crippen MR) is 67.4 cm³/mol. The second kappa shape index (κ2) is 5.01. The summed E-state index contributed by atoms with van der Waals surface area (Å²) in [5, 5.41) is 3.63. The molecular formula is C13H27FN2. The van der Waals surface area contributed by atoms with Crippen LogP contribution in [0.1, 0.15) is 40.5 Å². The Hall–Kier alpha value is -0.150. The second-order valence-corrected chi connectivity index (χ2v) is 6.50. The molecule has 96 valence electrons. The molecule has 0 heterocycles. The average Bonchev–Trinajstić information content (AvgIpc) is 2.07. The van der Waals surface area contributed by atoms with Crippen LogP contribution >= 0.6 is 0 Å². The molecule has 4 atom stereocenters. The predicted octanol–water partition coefficient (Wildman–Crippen LogP) is 2.44. The first-order valence-corrected chi connectivity index (χ1v) is 6.29. The summed E-state index contributed by atoms with van der Waals surface area (Å²) >= 11 is 0. The van der Waals surface area contributed by atoms with Crippen LogP contribution in [-0.4, -0.2) is 42.8 Å². The van der Waals surface area contributed by atoms with Crippen molar-refractivity contribution in [3.05, 3.63) is 0 Å². The quantitative estimate of drug-likeness (QED) is 0.784. The van der Waals surface area contributed by atoms with Crippen molar-refractivity contribution >= 4 is 0 Å². The van der Waals surface area contributed by atoms with E-state index in [4.69, 9.17) is 0 Å². The first kappa shape index (κ1) is 13.9. The van der Waals surface area contributed by atoms with Crippen LogP contribution in [0.25, 0.3) is 0 Å². The zero-order chi connectivity index (χ0) is 12.5. The smallest absolute Gasteiger partial charge is 0.104 e. The highest BCUT2D eigenvalue weighted by Crippen LogP contribution is 2.30. The van der Waals surface area contributed by atoms with Crippen LogP contribution in [0.5, 0.6) is 0 Å². The second-order valence-electron chi connectivity index (χ2n) is 6.50. The Balaban J connectivity index is 2.70. The van der Waals surface area contributed by atoms with Gasteiger partial charge in [0.25, 0.3) is 0 Å². The monoisotopic (exact) mass is 230 g/mol. The van der Waals surface area contributed by atoms with E-state index in [1.165, 1.54) is 0 Å². The summed E-state index contributed by atoms with van der Waals surface area (Å²) in [7, 11) is 4.09. The van der Waals surface area contributed by atoms with Crippen molar-refractivity contribution in [3.8, 4) is 0 Å². The molecule has 3 heteroatoms. The van der Waals surface area contributed by atoms with Crippen molar-refractivity contribution in [2.75, 3.05) is 14.1 Å². The van der Waals surface area contributed by atoms with Gasteiger partial charge in [0.2, 0.25) is 0 Å². The molecule has 0 aromatic carbocycles. The molecule has 0 amide bonds. The Morgan fingerprint density at radius 3 is 2.19 bits per heavy atom. The number of likely N-dealkylation sites (N-methyl/N-ethyl adjacent to an activating group) is 1. The molecule has 2 nitrogen and oxygen atoms in total. The lowest BCUT2D eigenvalue weighted by Crippen LogP contribution is -2.57. The molecular weight excluding hydrogens is 203 g/mol. The molecule has 0 aromatic rings. The van der Waals surface area contributed by atoms with E-state index in [0.29, 0.717) is 18.5 Å². The number of halogens is 1. The first-order valence-electron chi connectivity index (χ1n) is 6.29. The lowest BCUT2D eigenvalue weighted by atomic mass is 9.80. The zero-order valence-electron chi connectivity index (χ0n) is 11.5. The number of hydrogen-bond donors (Lipinski definition) is 1. The Morgan fingerprint density at radius 2 is 1.75 bits per heavy atom. The van der Waals surface area contributed by atoms with E-state index < -0.39 is 6.17 Å². The molecule has 0 saturated heterocycles. The normalized spacial score (nSPS) is 36.8. The minimum atomic E-state index is -0.648. The summed E-state index contributed by atoms with van der Waals surface area (Å²) in [6, 6.07) is 0.711. The molecule has 0 aromatic heterocycles. The molecule has 0 bridgehead atoms. The highest BCUT2D eigenvalue weighted by molar-refractivity contribution is 4.95. The van der Waals surface area contributed by atoms with E-state index in [2.05, 4.69) is 31.0 Å².